The van der Waals surface area contributed by atoms with E-state index in [4.69, 9.17) is 28.9 Å². The van der Waals surface area contributed by atoms with Crippen molar-refractivity contribution in [3.05, 3.63) is 33.8 Å². The van der Waals surface area contributed by atoms with Crippen molar-refractivity contribution in [1.29, 1.82) is 0 Å². The summed E-state index contributed by atoms with van der Waals surface area (Å²) in [5.41, 5.74) is 7.03. The summed E-state index contributed by atoms with van der Waals surface area (Å²) in [5, 5.41) is 1.45. The van der Waals surface area contributed by atoms with Crippen LogP contribution in [-0.4, -0.2) is 50.1 Å². The lowest BCUT2D eigenvalue weighted by Gasteiger charge is -2.35. The Bertz CT molecular complexity index is 459. The van der Waals surface area contributed by atoms with Crippen LogP contribution < -0.4 is 5.73 Å². The Morgan fingerprint density at radius 2 is 2.00 bits per heavy atom. The molecular weight excluding hydrogens is 305 g/mol. The third kappa shape index (κ3) is 4.57. The van der Waals surface area contributed by atoms with E-state index in [-0.39, 0.29) is 6.04 Å². The molecule has 0 spiro atoms. The van der Waals surface area contributed by atoms with Crippen LogP contribution in [0.3, 0.4) is 0 Å². The van der Waals surface area contributed by atoms with Gasteiger partial charge in [-0.25, -0.2) is 0 Å². The van der Waals surface area contributed by atoms with Gasteiger partial charge in [0.15, 0.2) is 0 Å². The molecule has 21 heavy (non-hydrogen) atoms. The SMILES string of the molecule is CN1CCC(CN(C)C(CN)c2cc(Cl)ccc2Cl)CC1. The van der Waals surface area contributed by atoms with E-state index >= 15 is 0 Å². The topological polar surface area (TPSA) is 32.5 Å². The number of halogens is 2. The van der Waals surface area contributed by atoms with Gasteiger partial charge in [-0.2, -0.15) is 0 Å². The van der Waals surface area contributed by atoms with E-state index in [1.807, 2.05) is 18.2 Å². The number of benzene rings is 1. The van der Waals surface area contributed by atoms with E-state index in [0.29, 0.717) is 11.6 Å². The fourth-order valence-electron chi connectivity index (χ4n) is 3.09. The Balaban J connectivity index is 2.04. The van der Waals surface area contributed by atoms with Gasteiger partial charge in [0.05, 0.1) is 0 Å². The molecule has 1 heterocycles. The molecule has 1 unspecified atom stereocenters. The average Bonchev–Trinajstić information content (AvgIpc) is 2.46. The normalized spacial score (nSPS) is 19.1. The van der Waals surface area contributed by atoms with E-state index in [1.165, 1.54) is 25.9 Å². The maximum atomic E-state index is 6.33. The summed E-state index contributed by atoms with van der Waals surface area (Å²) in [5.74, 6) is 0.734. The van der Waals surface area contributed by atoms with Gasteiger partial charge in [-0.05, 0) is 69.7 Å². The molecular formula is C16H25Cl2N3. The minimum Gasteiger partial charge on any atom is -0.329 e. The van der Waals surface area contributed by atoms with Crippen molar-refractivity contribution in [2.75, 3.05) is 40.3 Å². The summed E-state index contributed by atoms with van der Waals surface area (Å²) in [6.45, 7) is 3.97. The molecule has 1 aliphatic heterocycles. The summed E-state index contributed by atoms with van der Waals surface area (Å²) in [6.07, 6.45) is 2.50. The zero-order valence-corrected chi connectivity index (χ0v) is 14.4. The number of hydrogen-bond donors (Lipinski definition) is 1. The van der Waals surface area contributed by atoms with Crippen molar-refractivity contribution in [3.63, 3.8) is 0 Å². The molecule has 0 amide bonds. The Labute approximate surface area is 138 Å². The fourth-order valence-corrected chi connectivity index (χ4v) is 3.52. The van der Waals surface area contributed by atoms with Gasteiger partial charge in [-0.15, -0.1) is 0 Å². The Hall–Kier alpha value is -0.320. The number of rotatable bonds is 5. The van der Waals surface area contributed by atoms with Crippen LogP contribution in [0.1, 0.15) is 24.4 Å². The first kappa shape index (κ1) is 17.0. The maximum absolute atomic E-state index is 6.33. The van der Waals surface area contributed by atoms with Crippen LogP contribution in [0, 0.1) is 5.92 Å². The molecule has 1 fully saturated rings. The van der Waals surface area contributed by atoms with Gasteiger partial charge in [0, 0.05) is 29.2 Å². The summed E-state index contributed by atoms with van der Waals surface area (Å²) >= 11 is 12.4. The molecule has 1 atom stereocenters. The third-order valence-corrected chi connectivity index (χ3v) is 5.04. The standard InChI is InChI=1S/C16H25Cl2N3/c1-20-7-5-12(6-8-20)11-21(2)16(10-19)14-9-13(17)3-4-15(14)18/h3-4,9,12,16H,5-8,10-11,19H2,1-2H3. The van der Waals surface area contributed by atoms with Crippen LogP contribution in [-0.2, 0) is 0 Å². The predicted molar refractivity (Wildman–Crippen MR) is 91.1 cm³/mol. The van der Waals surface area contributed by atoms with Gasteiger partial charge in [0.2, 0.25) is 0 Å². The van der Waals surface area contributed by atoms with Gasteiger partial charge >= 0.3 is 0 Å². The smallest absolute Gasteiger partial charge is 0.0482 e. The molecule has 0 saturated carbocycles. The number of hydrogen-bond acceptors (Lipinski definition) is 3. The van der Waals surface area contributed by atoms with Crippen LogP contribution in [0.25, 0.3) is 0 Å². The molecule has 3 nitrogen and oxygen atoms in total. The zero-order valence-electron chi connectivity index (χ0n) is 12.9. The lowest BCUT2D eigenvalue weighted by Crippen LogP contribution is -2.38. The Morgan fingerprint density at radius 3 is 2.62 bits per heavy atom. The van der Waals surface area contributed by atoms with Crippen LogP contribution in [0.5, 0.6) is 0 Å². The number of nitrogens with two attached hydrogens (primary N) is 1. The highest BCUT2D eigenvalue weighted by molar-refractivity contribution is 6.33. The summed E-state index contributed by atoms with van der Waals surface area (Å²) < 4.78 is 0. The minimum absolute atomic E-state index is 0.121. The summed E-state index contributed by atoms with van der Waals surface area (Å²) in [7, 11) is 4.32. The van der Waals surface area contributed by atoms with Crippen molar-refractivity contribution in [2.45, 2.75) is 18.9 Å². The second-order valence-electron chi connectivity index (χ2n) is 6.10. The molecule has 5 heteroatoms. The van der Waals surface area contributed by atoms with E-state index in [1.54, 1.807) is 0 Å². The van der Waals surface area contributed by atoms with E-state index < -0.39 is 0 Å². The Morgan fingerprint density at radius 1 is 1.33 bits per heavy atom. The van der Waals surface area contributed by atoms with Gasteiger partial charge in [-0.1, -0.05) is 23.2 Å². The third-order valence-electron chi connectivity index (χ3n) is 4.46. The van der Waals surface area contributed by atoms with Crippen LogP contribution in [0.4, 0.5) is 0 Å². The van der Waals surface area contributed by atoms with Crippen molar-refractivity contribution in [2.24, 2.45) is 11.7 Å². The number of likely N-dealkylation sites (N-methyl/N-ethyl adjacent to an activating group) is 1. The molecule has 2 rings (SSSR count). The molecule has 1 saturated heterocycles. The molecule has 1 aromatic carbocycles. The molecule has 118 valence electrons. The molecule has 2 N–H and O–H groups in total. The largest absolute Gasteiger partial charge is 0.329 e. The predicted octanol–water partition coefficient (Wildman–Crippen LogP) is 3.27. The average molecular weight is 330 g/mol. The lowest BCUT2D eigenvalue weighted by atomic mass is 9.95. The highest BCUT2D eigenvalue weighted by Crippen LogP contribution is 2.30. The van der Waals surface area contributed by atoms with E-state index in [2.05, 4.69) is 23.9 Å². The molecule has 0 bridgehead atoms. The number of nitrogens with zero attached hydrogens (tertiary/aromatic N) is 2. The summed E-state index contributed by atoms with van der Waals surface area (Å²) in [6, 6.07) is 5.73. The monoisotopic (exact) mass is 329 g/mol. The highest BCUT2D eigenvalue weighted by atomic mass is 35.5. The van der Waals surface area contributed by atoms with E-state index in [9.17, 15) is 0 Å². The number of piperidine rings is 1. The van der Waals surface area contributed by atoms with E-state index in [0.717, 1.165) is 23.0 Å². The first-order valence-electron chi connectivity index (χ1n) is 7.55. The van der Waals surface area contributed by atoms with Gasteiger partial charge in [0.25, 0.3) is 0 Å². The van der Waals surface area contributed by atoms with Crippen molar-refractivity contribution < 1.29 is 0 Å². The maximum Gasteiger partial charge on any atom is 0.0482 e. The summed E-state index contributed by atoms with van der Waals surface area (Å²) in [4.78, 5) is 4.72. The van der Waals surface area contributed by atoms with Crippen molar-refractivity contribution in [3.8, 4) is 0 Å². The molecule has 0 radical (unpaired) electrons. The fraction of sp³-hybridized carbons (Fsp3) is 0.625. The van der Waals surface area contributed by atoms with Crippen LogP contribution in [0.2, 0.25) is 10.0 Å². The first-order valence-corrected chi connectivity index (χ1v) is 8.30. The number of likely N-dealkylation sites (tertiary alicyclic amines) is 1. The van der Waals surface area contributed by atoms with Gasteiger partial charge in [0.1, 0.15) is 0 Å². The first-order chi connectivity index (χ1) is 10.0. The van der Waals surface area contributed by atoms with Crippen molar-refractivity contribution >= 4 is 23.2 Å². The molecule has 0 aromatic heterocycles. The second kappa shape index (κ2) is 7.80. The zero-order chi connectivity index (χ0) is 15.4. The minimum atomic E-state index is 0.121. The van der Waals surface area contributed by atoms with Crippen molar-refractivity contribution in [1.82, 2.24) is 9.80 Å². The molecule has 1 aliphatic rings. The molecule has 0 aliphatic carbocycles. The lowest BCUT2D eigenvalue weighted by molar-refractivity contribution is 0.151. The van der Waals surface area contributed by atoms with Crippen LogP contribution >= 0.6 is 23.2 Å². The second-order valence-corrected chi connectivity index (χ2v) is 6.95. The van der Waals surface area contributed by atoms with Crippen LogP contribution in [0.15, 0.2) is 18.2 Å². The quantitative estimate of drug-likeness (QED) is 0.899. The highest BCUT2D eigenvalue weighted by Gasteiger charge is 2.23. The van der Waals surface area contributed by atoms with Gasteiger partial charge < -0.3 is 10.6 Å². The molecule has 1 aromatic rings. The van der Waals surface area contributed by atoms with Gasteiger partial charge in [-0.3, -0.25) is 4.90 Å². The Kier molecular flexibility index (Phi) is 6.33.